The predicted octanol–water partition coefficient (Wildman–Crippen LogP) is 3.05. The van der Waals surface area contributed by atoms with Gasteiger partial charge in [-0.2, -0.15) is 11.8 Å². The van der Waals surface area contributed by atoms with E-state index in [9.17, 15) is 9.18 Å². The molecule has 1 saturated heterocycles. The highest BCUT2D eigenvalue weighted by Gasteiger charge is 2.29. The quantitative estimate of drug-likeness (QED) is 0.709. The van der Waals surface area contributed by atoms with Crippen LogP contribution in [-0.2, 0) is 11.3 Å². The smallest absolute Gasteiger partial charge is 0.222 e. The lowest BCUT2D eigenvalue weighted by Crippen LogP contribution is -2.36. The van der Waals surface area contributed by atoms with Crippen LogP contribution in [0.25, 0.3) is 0 Å². The zero-order valence-corrected chi connectivity index (χ0v) is 14.0. The van der Waals surface area contributed by atoms with Gasteiger partial charge in [0.2, 0.25) is 5.91 Å². The van der Waals surface area contributed by atoms with Crippen LogP contribution < -0.4 is 5.32 Å². The average Bonchev–Trinajstić information content (AvgIpc) is 2.86. The van der Waals surface area contributed by atoms with Crippen LogP contribution in [0, 0.1) is 5.82 Å². The average molecular weight is 324 g/mol. The molecule has 22 heavy (non-hydrogen) atoms. The van der Waals surface area contributed by atoms with Gasteiger partial charge >= 0.3 is 0 Å². The Morgan fingerprint density at radius 2 is 2.23 bits per heavy atom. The third-order valence-corrected chi connectivity index (χ3v) is 4.82. The highest BCUT2D eigenvalue weighted by Crippen LogP contribution is 2.21. The summed E-state index contributed by atoms with van der Waals surface area (Å²) in [6.45, 7) is 2.22. The van der Waals surface area contributed by atoms with E-state index in [0.29, 0.717) is 30.5 Å². The van der Waals surface area contributed by atoms with Crippen molar-refractivity contribution in [2.24, 2.45) is 0 Å². The van der Waals surface area contributed by atoms with Gasteiger partial charge in [-0.25, -0.2) is 4.39 Å². The molecule has 0 saturated carbocycles. The summed E-state index contributed by atoms with van der Waals surface area (Å²) < 4.78 is 13.5. The van der Waals surface area contributed by atoms with Crippen molar-refractivity contribution in [1.29, 1.82) is 0 Å². The molecule has 1 N–H and O–H groups in total. The second-order valence-electron chi connectivity index (χ2n) is 5.68. The van der Waals surface area contributed by atoms with Crippen molar-refractivity contribution >= 4 is 17.7 Å². The normalized spacial score (nSPS) is 18.2. The van der Waals surface area contributed by atoms with E-state index < -0.39 is 0 Å². The number of hydrogen-bond acceptors (Lipinski definition) is 3. The summed E-state index contributed by atoms with van der Waals surface area (Å²) in [5.41, 5.74) is 0.696. The van der Waals surface area contributed by atoms with Crippen molar-refractivity contribution in [3.05, 3.63) is 35.6 Å². The summed E-state index contributed by atoms with van der Waals surface area (Å²) in [5.74, 6) is 1.23. The fourth-order valence-corrected chi connectivity index (χ4v) is 3.33. The standard InChI is InChI=1S/C17H25FN2OS/c1-22-12-4-11-20-15(7-8-17(20)21)9-10-19-13-14-5-2-3-6-16(14)18/h2-3,5-6,15,19H,4,7-13H2,1H3/t15-/m0/s1. The van der Waals surface area contributed by atoms with Crippen molar-refractivity contribution in [3.8, 4) is 0 Å². The van der Waals surface area contributed by atoms with Crippen LogP contribution in [0.5, 0.6) is 0 Å². The van der Waals surface area contributed by atoms with Gasteiger partial charge in [0.05, 0.1) is 0 Å². The molecular weight excluding hydrogens is 299 g/mol. The van der Waals surface area contributed by atoms with Gasteiger partial charge in [0, 0.05) is 31.1 Å². The van der Waals surface area contributed by atoms with Crippen LogP contribution in [0.3, 0.4) is 0 Å². The maximum atomic E-state index is 13.5. The van der Waals surface area contributed by atoms with Gasteiger partial charge in [-0.15, -0.1) is 0 Å². The first kappa shape index (κ1) is 17.3. The van der Waals surface area contributed by atoms with Gasteiger partial charge in [0.15, 0.2) is 0 Å². The minimum absolute atomic E-state index is 0.162. The van der Waals surface area contributed by atoms with Crippen molar-refractivity contribution in [2.45, 2.75) is 38.3 Å². The second-order valence-corrected chi connectivity index (χ2v) is 6.67. The number of nitrogens with zero attached hydrogens (tertiary/aromatic N) is 1. The molecule has 0 bridgehead atoms. The molecule has 0 radical (unpaired) electrons. The van der Waals surface area contributed by atoms with Crippen molar-refractivity contribution in [3.63, 3.8) is 0 Å². The molecule has 1 aliphatic rings. The summed E-state index contributed by atoms with van der Waals surface area (Å²) in [5, 5.41) is 3.29. The van der Waals surface area contributed by atoms with Crippen LogP contribution in [0.2, 0.25) is 0 Å². The van der Waals surface area contributed by atoms with Gasteiger partial charge < -0.3 is 10.2 Å². The van der Waals surface area contributed by atoms with Crippen LogP contribution >= 0.6 is 11.8 Å². The Morgan fingerprint density at radius 3 is 3.00 bits per heavy atom. The number of thioether (sulfide) groups is 1. The Morgan fingerprint density at radius 1 is 1.41 bits per heavy atom. The predicted molar refractivity (Wildman–Crippen MR) is 90.5 cm³/mol. The third-order valence-electron chi connectivity index (χ3n) is 4.13. The first-order valence-electron chi connectivity index (χ1n) is 7.95. The largest absolute Gasteiger partial charge is 0.340 e. The molecule has 0 aliphatic carbocycles. The molecule has 122 valence electrons. The van der Waals surface area contributed by atoms with Crippen LogP contribution in [0.4, 0.5) is 4.39 Å². The molecule has 0 aromatic heterocycles. The number of halogens is 1. The highest BCUT2D eigenvalue weighted by atomic mass is 32.2. The number of benzene rings is 1. The first-order valence-corrected chi connectivity index (χ1v) is 9.34. The monoisotopic (exact) mass is 324 g/mol. The van der Waals surface area contributed by atoms with E-state index in [0.717, 1.165) is 38.1 Å². The fourth-order valence-electron chi connectivity index (χ4n) is 2.91. The Labute approximate surface area is 136 Å². The van der Waals surface area contributed by atoms with E-state index in [1.807, 2.05) is 22.7 Å². The summed E-state index contributed by atoms with van der Waals surface area (Å²) in [7, 11) is 0. The third kappa shape index (κ3) is 4.99. The van der Waals surface area contributed by atoms with Crippen molar-refractivity contribution in [1.82, 2.24) is 10.2 Å². The molecule has 1 atom stereocenters. The van der Waals surface area contributed by atoms with Gasteiger partial charge in [-0.05, 0) is 43.9 Å². The number of nitrogens with one attached hydrogen (secondary N) is 1. The zero-order valence-electron chi connectivity index (χ0n) is 13.2. The first-order chi connectivity index (χ1) is 10.7. The molecule has 3 nitrogen and oxygen atoms in total. The maximum absolute atomic E-state index is 13.5. The highest BCUT2D eigenvalue weighted by molar-refractivity contribution is 7.98. The lowest BCUT2D eigenvalue weighted by molar-refractivity contribution is -0.129. The fraction of sp³-hybridized carbons (Fsp3) is 0.588. The minimum atomic E-state index is -0.162. The molecule has 0 spiro atoms. The molecular formula is C17H25FN2OS. The van der Waals surface area contributed by atoms with E-state index in [1.54, 1.807) is 12.1 Å². The lowest BCUT2D eigenvalue weighted by Gasteiger charge is -2.25. The number of carbonyl (C=O) groups is 1. The van der Waals surface area contributed by atoms with Crippen molar-refractivity contribution < 1.29 is 9.18 Å². The topological polar surface area (TPSA) is 32.3 Å². The van der Waals surface area contributed by atoms with E-state index in [-0.39, 0.29) is 5.82 Å². The van der Waals surface area contributed by atoms with E-state index in [2.05, 4.69) is 11.6 Å². The molecule has 1 aromatic carbocycles. The maximum Gasteiger partial charge on any atom is 0.222 e. The van der Waals surface area contributed by atoms with Gasteiger partial charge in [-0.1, -0.05) is 18.2 Å². The number of likely N-dealkylation sites (tertiary alicyclic amines) is 1. The molecule has 1 amide bonds. The molecule has 1 aromatic rings. The van der Waals surface area contributed by atoms with E-state index in [1.165, 1.54) is 6.07 Å². The zero-order chi connectivity index (χ0) is 15.8. The van der Waals surface area contributed by atoms with Crippen LogP contribution in [0.1, 0.15) is 31.2 Å². The Hall–Kier alpha value is -1.07. The Kier molecular flexibility index (Phi) is 7.19. The summed E-state index contributed by atoms with van der Waals surface area (Å²) in [4.78, 5) is 14.0. The number of amides is 1. The second kappa shape index (κ2) is 9.16. The summed E-state index contributed by atoms with van der Waals surface area (Å²) >= 11 is 1.82. The molecule has 1 aliphatic heterocycles. The van der Waals surface area contributed by atoms with Gasteiger partial charge in [-0.3, -0.25) is 4.79 Å². The van der Waals surface area contributed by atoms with Crippen LogP contribution in [-0.4, -0.2) is 41.9 Å². The number of hydrogen-bond donors (Lipinski definition) is 1. The summed E-state index contributed by atoms with van der Waals surface area (Å²) in [6, 6.07) is 7.19. The Bertz CT molecular complexity index is 483. The van der Waals surface area contributed by atoms with E-state index >= 15 is 0 Å². The molecule has 1 fully saturated rings. The SMILES string of the molecule is CSCCCN1C(=O)CC[C@H]1CCNCc1ccccc1F. The lowest BCUT2D eigenvalue weighted by atomic mass is 10.1. The van der Waals surface area contributed by atoms with Gasteiger partial charge in [0.1, 0.15) is 5.82 Å². The summed E-state index contributed by atoms with van der Waals surface area (Å²) in [6.07, 6.45) is 5.73. The minimum Gasteiger partial charge on any atom is -0.340 e. The van der Waals surface area contributed by atoms with E-state index in [4.69, 9.17) is 0 Å². The molecule has 0 unspecified atom stereocenters. The molecule has 5 heteroatoms. The van der Waals surface area contributed by atoms with Gasteiger partial charge in [0.25, 0.3) is 0 Å². The number of carbonyl (C=O) groups excluding carboxylic acids is 1. The van der Waals surface area contributed by atoms with Crippen molar-refractivity contribution in [2.75, 3.05) is 25.1 Å². The number of rotatable bonds is 9. The molecule has 2 rings (SSSR count). The Balaban J connectivity index is 1.71. The van der Waals surface area contributed by atoms with Crippen LogP contribution in [0.15, 0.2) is 24.3 Å². The molecule has 1 heterocycles.